The number of benzene rings is 2. The van der Waals surface area contributed by atoms with Crippen LogP contribution in [0.4, 0.5) is 8.78 Å². The Labute approximate surface area is 159 Å². The number of fused-ring (bicyclic) bond motifs is 1. The van der Waals surface area contributed by atoms with Crippen LogP contribution in [0.2, 0.25) is 5.02 Å². The summed E-state index contributed by atoms with van der Waals surface area (Å²) in [4.78, 5) is 23.0. The van der Waals surface area contributed by atoms with Crippen LogP contribution in [0.15, 0.2) is 48.7 Å². The quantitative estimate of drug-likeness (QED) is 0.661. The van der Waals surface area contributed by atoms with E-state index in [4.69, 9.17) is 11.6 Å². The summed E-state index contributed by atoms with van der Waals surface area (Å²) in [5.41, 5.74) is 2.22. The molecule has 2 aromatic carbocycles. The zero-order valence-corrected chi connectivity index (χ0v) is 14.9. The predicted octanol–water partition coefficient (Wildman–Crippen LogP) is 4.27. The van der Waals surface area contributed by atoms with Gasteiger partial charge in [-0.2, -0.15) is 0 Å². The van der Waals surface area contributed by atoms with Gasteiger partial charge in [-0.3, -0.25) is 4.79 Å². The molecule has 1 amide bonds. The van der Waals surface area contributed by atoms with Gasteiger partial charge in [0.2, 0.25) is 0 Å². The molecule has 4 rings (SSSR count). The lowest BCUT2D eigenvalue weighted by Crippen LogP contribution is -2.37. The third-order valence-electron chi connectivity index (χ3n) is 4.48. The molecule has 1 aliphatic rings. The van der Waals surface area contributed by atoms with Gasteiger partial charge in [0, 0.05) is 41.9 Å². The van der Waals surface area contributed by atoms with Crippen molar-refractivity contribution in [3.63, 3.8) is 0 Å². The minimum atomic E-state index is -0.735. The average Bonchev–Trinajstić information content (AvgIpc) is 2.69. The highest BCUT2D eigenvalue weighted by Crippen LogP contribution is 2.24. The van der Waals surface area contributed by atoms with Gasteiger partial charge in [-0.25, -0.2) is 18.7 Å². The first-order chi connectivity index (χ1) is 13.0. The second-order valence-corrected chi connectivity index (χ2v) is 6.71. The third-order valence-corrected chi connectivity index (χ3v) is 4.73. The molecule has 0 N–H and O–H groups in total. The lowest BCUT2D eigenvalue weighted by Gasteiger charge is -2.28. The number of aromatic nitrogens is 2. The van der Waals surface area contributed by atoms with Crippen LogP contribution in [-0.4, -0.2) is 27.3 Å². The molecule has 1 aliphatic heterocycles. The van der Waals surface area contributed by atoms with Crippen molar-refractivity contribution >= 4 is 17.5 Å². The fourth-order valence-corrected chi connectivity index (χ4v) is 3.19. The van der Waals surface area contributed by atoms with E-state index in [0.717, 1.165) is 35.0 Å². The fraction of sp³-hybridized carbons (Fsp3) is 0.150. The molecule has 0 saturated carbocycles. The molecule has 0 atom stereocenters. The summed E-state index contributed by atoms with van der Waals surface area (Å²) in [7, 11) is 0. The van der Waals surface area contributed by atoms with Crippen molar-refractivity contribution in [1.82, 2.24) is 14.9 Å². The first kappa shape index (κ1) is 17.5. The second-order valence-electron chi connectivity index (χ2n) is 6.27. The lowest BCUT2D eigenvalue weighted by molar-refractivity contribution is 0.0728. The van der Waals surface area contributed by atoms with Gasteiger partial charge < -0.3 is 4.90 Å². The molecule has 1 aromatic heterocycles. The van der Waals surface area contributed by atoms with Crippen LogP contribution < -0.4 is 0 Å². The number of carbonyl (C=O) groups excluding carboxylic acids is 1. The van der Waals surface area contributed by atoms with E-state index in [2.05, 4.69) is 9.97 Å². The monoisotopic (exact) mass is 385 g/mol. The van der Waals surface area contributed by atoms with E-state index in [-0.39, 0.29) is 12.1 Å². The largest absolute Gasteiger partial charge is 0.334 e. The Morgan fingerprint density at radius 1 is 1.11 bits per heavy atom. The molecular formula is C20H14ClF2N3O. The number of halogens is 3. The third kappa shape index (κ3) is 3.53. The maximum Gasteiger partial charge on any atom is 0.257 e. The zero-order chi connectivity index (χ0) is 19.0. The molecule has 0 spiro atoms. The lowest BCUT2D eigenvalue weighted by atomic mass is 10.0. The maximum absolute atomic E-state index is 13.9. The first-order valence-electron chi connectivity index (χ1n) is 8.36. The molecule has 3 aromatic rings. The second kappa shape index (κ2) is 7.04. The zero-order valence-electron chi connectivity index (χ0n) is 14.1. The van der Waals surface area contributed by atoms with E-state index in [0.29, 0.717) is 23.8 Å². The number of amides is 1. The highest BCUT2D eigenvalue weighted by molar-refractivity contribution is 6.30. The van der Waals surface area contributed by atoms with Crippen molar-refractivity contribution in [2.24, 2.45) is 0 Å². The van der Waals surface area contributed by atoms with Crippen LogP contribution >= 0.6 is 11.6 Å². The molecule has 27 heavy (non-hydrogen) atoms. The molecule has 2 heterocycles. The van der Waals surface area contributed by atoms with E-state index in [1.165, 1.54) is 4.90 Å². The van der Waals surface area contributed by atoms with E-state index in [1.807, 2.05) is 12.1 Å². The number of hydrogen-bond acceptors (Lipinski definition) is 3. The minimum Gasteiger partial charge on any atom is -0.334 e. The summed E-state index contributed by atoms with van der Waals surface area (Å²) >= 11 is 5.90. The van der Waals surface area contributed by atoms with Crippen molar-refractivity contribution in [2.45, 2.75) is 13.0 Å². The van der Waals surface area contributed by atoms with Gasteiger partial charge in [0.15, 0.2) is 5.82 Å². The number of hydrogen-bond donors (Lipinski definition) is 0. The summed E-state index contributed by atoms with van der Waals surface area (Å²) in [5.74, 6) is -1.34. The molecule has 0 bridgehead atoms. The number of carbonyl (C=O) groups is 1. The van der Waals surface area contributed by atoms with E-state index < -0.39 is 17.5 Å². The fourth-order valence-electron chi connectivity index (χ4n) is 3.06. The summed E-state index contributed by atoms with van der Waals surface area (Å²) in [6.07, 6.45) is 2.19. The van der Waals surface area contributed by atoms with Crippen LogP contribution in [0.5, 0.6) is 0 Å². The van der Waals surface area contributed by atoms with Crippen molar-refractivity contribution in [3.8, 4) is 11.4 Å². The highest BCUT2D eigenvalue weighted by Gasteiger charge is 2.25. The smallest absolute Gasteiger partial charge is 0.257 e. The molecule has 7 heteroatoms. The first-order valence-corrected chi connectivity index (χ1v) is 8.74. The van der Waals surface area contributed by atoms with Gasteiger partial charge in [-0.05, 0) is 42.5 Å². The number of nitrogens with zero attached hydrogens (tertiary/aromatic N) is 3. The highest BCUT2D eigenvalue weighted by atomic mass is 35.5. The minimum absolute atomic E-state index is 0.255. The number of rotatable bonds is 2. The van der Waals surface area contributed by atoms with Crippen LogP contribution in [0, 0.1) is 11.6 Å². The predicted molar refractivity (Wildman–Crippen MR) is 97.3 cm³/mol. The van der Waals surface area contributed by atoms with E-state index >= 15 is 0 Å². The van der Waals surface area contributed by atoms with Gasteiger partial charge in [-0.15, -0.1) is 0 Å². The van der Waals surface area contributed by atoms with Gasteiger partial charge in [0.05, 0.1) is 11.3 Å². The average molecular weight is 386 g/mol. The van der Waals surface area contributed by atoms with Crippen molar-refractivity contribution in [2.75, 3.05) is 6.54 Å². The Kier molecular flexibility index (Phi) is 4.58. The Hall–Kier alpha value is -2.86. The molecule has 0 radical (unpaired) electrons. The van der Waals surface area contributed by atoms with Crippen LogP contribution in [0.25, 0.3) is 11.4 Å². The topological polar surface area (TPSA) is 46.1 Å². The summed E-state index contributed by atoms with van der Waals surface area (Å²) in [5, 5.41) is 0.635. The van der Waals surface area contributed by atoms with Crippen molar-refractivity contribution in [3.05, 3.63) is 82.1 Å². The molecule has 0 aliphatic carbocycles. The van der Waals surface area contributed by atoms with Gasteiger partial charge >= 0.3 is 0 Å². The molecule has 0 fully saturated rings. The van der Waals surface area contributed by atoms with Crippen LogP contribution in [0.3, 0.4) is 0 Å². The molecule has 4 nitrogen and oxygen atoms in total. The van der Waals surface area contributed by atoms with E-state index in [9.17, 15) is 13.6 Å². The molecule has 0 unspecified atom stereocenters. The van der Waals surface area contributed by atoms with Gasteiger partial charge in [0.25, 0.3) is 5.91 Å². The molecule has 0 saturated heterocycles. The SMILES string of the molecule is O=C(c1cc(F)ccc1F)N1CCc2nc(-c3ccc(Cl)cc3)ncc2C1. The maximum atomic E-state index is 13.9. The summed E-state index contributed by atoms with van der Waals surface area (Å²) < 4.78 is 27.3. The van der Waals surface area contributed by atoms with Crippen molar-refractivity contribution in [1.29, 1.82) is 0 Å². The Bertz CT molecular complexity index is 1020. The molecular weight excluding hydrogens is 372 g/mol. The standard InChI is InChI=1S/C20H14ClF2N3O/c21-14-3-1-12(2-4-14)19-24-10-13-11-26(8-7-18(13)25-19)20(27)16-9-15(22)5-6-17(16)23/h1-6,9-10H,7-8,11H2. The van der Waals surface area contributed by atoms with Gasteiger partial charge in [0.1, 0.15) is 11.6 Å². The summed E-state index contributed by atoms with van der Waals surface area (Å²) in [6.45, 7) is 0.629. The summed E-state index contributed by atoms with van der Waals surface area (Å²) in [6, 6.07) is 10.1. The van der Waals surface area contributed by atoms with Crippen LogP contribution in [0.1, 0.15) is 21.6 Å². The van der Waals surface area contributed by atoms with Crippen molar-refractivity contribution < 1.29 is 13.6 Å². The van der Waals surface area contributed by atoms with E-state index in [1.54, 1.807) is 18.3 Å². The Morgan fingerprint density at radius 3 is 2.67 bits per heavy atom. The Balaban J connectivity index is 1.58. The normalized spacial score (nSPS) is 13.4. The molecule has 136 valence electrons. The van der Waals surface area contributed by atoms with Crippen LogP contribution in [-0.2, 0) is 13.0 Å². The van der Waals surface area contributed by atoms with Gasteiger partial charge in [-0.1, -0.05) is 11.6 Å². The Morgan fingerprint density at radius 2 is 1.89 bits per heavy atom.